The van der Waals surface area contributed by atoms with Crippen LogP contribution >= 0.6 is 0 Å². The summed E-state index contributed by atoms with van der Waals surface area (Å²) in [4.78, 5) is 22.0. The molecule has 0 spiro atoms. The summed E-state index contributed by atoms with van der Waals surface area (Å²) >= 11 is 0. The molecule has 1 aromatic carbocycles. The number of nitrogens with zero attached hydrogens (tertiary/aromatic N) is 3. The first-order valence-corrected chi connectivity index (χ1v) is 7.95. The predicted octanol–water partition coefficient (Wildman–Crippen LogP) is 0.686. The maximum Gasteiger partial charge on any atom is 0.309 e. The molecule has 2 rings (SSSR count). The minimum atomic E-state index is -0.135. The maximum absolute atomic E-state index is 11.8. The minimum Gasteiger partial charge on any atom is -0.466 e. The summed E-state index contributed by atoms with van der Waals surface area (Å²) in [5.74, 6) is -0.281. The quantitative estimate of drug-likeness (QED) is 0.422. The Bertz CT molecular complexity index is 631. The Morgan fingerprint density at radius 2 is 1.92 bits per heavy atom. The van der Waals surface area contributed by atoms with Gasteiger partial charge in [0.15, 0.2) is 5.96 Å². The van der Waals surface area contributed by atoms with Crippen LogP contribution in [-0.2, 0) is 9.53 Å². The first-order chi connectivity index (χ1) is 11.5. The van der Waals surface area contributed by atoms with E-state index >= 15 is 0 Å². The lowest BCUT2D eigenvalue weighted by Crippen LogP contribution is -2.37. The van der Waals surface area contributed by atoms with Crippen molar-refractivity contribution in [1.29, 1.82) is 0 Å². The topological polar surface area (TPSA) is 132 Å². The van der Waals surface area contributed by atoms with Crippen LogP contribution in [-0.4, -0.2) is 37.6 Å². The van der Waals surface area contributed by atoms with Gasteiger partial charge in [-0.3, -0.25) is 4.79 Å². The Morgan fingerprint density at radius 1 is 1.25 bits per heavy atom. The van der Waals surface area contributed by atoms with Crippen LogP contribution in [0.3, 0.4) is 0 Å². The van der Waals surface area contributed by atoms with Crippen LogP contribution in [0.15, 0.2) is 34.3 Å². The van der Waals surface area contributed by atoms with Gasteiger partial charge in [0, 0.05) is 13.1 Å². The van der Waals surface area contributed by atoms with E-state index in [-0.39, 0.29) is 23.8 Å². The molecule has 0 aliphatic carbocycles. The van der Waals surface area contributed by atoms with Crippen LogP contribution in [0.5, 0.6) is 0 Å². The molecular weight excluding hydrogens is 308 g/mol. The number of carbonyl (C=O) groups excluding carboxylic acids is 1. The molecule has 8 nitrogen and oxygen atoms in total. The summed E-state index contributed by atoms with van der Waals surface area (Å²) in [5.41, 5.74) is 18.0. The fraction of sp³-hybridized carbons (Fsp3) is 0.438. The summed E-state index contributed by atoms with van der Waals surface area (Å²) < 4.78 is 5.10. The Morgan fingerprint density at radius 3 is 2.54 bits per heavy atom. The SMILES string of the molecule is CCOC(=O)C1CCN(c2ccccc2N=C(N)N=C(N)N)CC1. The molecule has 1 heterocycles. The van der Waals surface area contributed by atoms with Gasteiger partial charge in [-0.15, -0.1) is 0 Å². The molecule has 0 saturated carbocycles. The van der Waals surface area contributed by atoms with Crippen molar-refractivity contribution in [1.82, 2.24) is 0 Å². The summed E-state index contributed by atoms with van der Waals surface area (Å²) in [5, 5.41) is 0. The number of piperidine rings is 1. The van der Waals surface area contributed by atoms with E-state index in [1.807, 2.05) is 31.2 Å². The van der Waals surface area contributed by atoms with Crippen molar-refractivity contribution in [2.24, 2.45) is 33.1 Å². The molecule has 1 saturated heterocycles. The van der Waals surface area contributed by atoms with Crippen LogP contribution in [0, 0.1) is 5.92 Å². The average Bonchev–Trinajstić information content (AvgIpc) is 2.55. The van der Waals surface area contributed by atoms with Crippen molar-refractivity contribution in [2.75, 3.05) is 24.6 Å². The van der Waals surface area contributed by atoms with Crippen LogP contribution in [0.2, 0.25) is 0 Å². The summed E-state index contributed by atoms with van der Waals surface area (Å²) in [6.07, 6.45) is 1.50. The van der Waals surface area contributed by atoms with Gasteiger partial charge in [0.05, 0.1) is 23.9 Å². The normalized spacial score (nSPS) is 15.9. The molecule has 0 atom stereocenters. The number of anilines is 1. The molecule has 0 unspecified atom stereocenters. The first-order valence-electron chi connectivity index (χ1n) is 7.95. The van der Waals surface area contributed by atoms with Crippen molar-refractivity contribution >= 4 is 29.3 Å². The molecule has 8 heteroatoms. The lowest BCUT2D eigenvalue weighted by Gasteiger charge is -2.33. The van der Waals surface area contributed by atoms with Crippen molar-refractivity contribution in [2.45, 2.75) is 19.8 Å². The molecule has 0 bridgehead atoms. The fourth-order valence-electron chi connectivity index (χ4n) is 2.72. The molecule has 1 fully saturated rings. The van der Waals surface area contributed by atoms with E-state index in [0.29, 0.717) is 12.3 Å². The van der Waals surface area contributed by atoms with Crippen LogP contribution < -0.4 is 22.1 Å². The number of hydrogen-bond donors (Lipinski definition) is 3. The third-order valence-corrected chi connectivity index (χ3v) is 3.82. The number of rotatable bonds is 4. The highest BCUT2D eigenvalue weighted by Gasteiger charge is 2.26. The Kier molecular flexibility index (Phi) is 6.00. The third kappa shape index (κ3) is 4.61. The maximum atomic E-state index is 11.8. The summed E-state index contributed by atoms with van der Waals surface area (Å²) in [6, 6.07) is 7.62. The highest BCUT2D eigenvalue weighted by Crippen LogP contribution is 2.32. The van der Waals surface area contributed by atoms with E-state index in [1.165, 1.54) is 0 Å². The van der Waals surface area contributed by atoms with Gasteiger partial charge >= 0.3 is 5.97 Å². The first kappa shape index (κ1) is 17.6. The smallest absolute Gasteiger partial charge is 0.309 e. The molecule has 24 heavy (non-hydrogen) atoms. The van der Waals surface area contributed by atoms with Crippen LogP contribution in [0.1, 0.15) is 19.8 Å². The second kappa shape index (κ2) is 8.19. The lowest BCUT2D eigenvalue weighted by molar-refractivity contribution is -0.148. The van der Waals surface area contributed by atoms with E-state index in [2.05, 4.69) is 14.9 Å². The number of esters is 1. The Hall–Kier alpha value is -2.77. The molecule has 0 amide bonds. The molecular formula is C16H24N6O2. The molecule has 0 aromatic heterocycles. The zero-order chi connectivity index (χ0) is 17.5. The van der Waals surface area contributed by atoms with Gasteiger partial charge in [-0.1, -0.05) is 12.1 Å². The number of benzene rings is 1. The van der Waals surface area contributed by atoms with E-state index in [4.69, 9.17) is 21.9 Å². The summed E-state index contributed by atoms with van der Waals surface area (Å²) in [6.45, 7) is 3.74. The third-order valence-electron chi connectivity index (χ3n) is 3.82. The number of para-hydroxylation sites is 2. The molecule has 1 aliphatic heterocycles. The number of nitrogens with two attached hydrogens (primary N) is 3. The van der Waals surface area contributed by atoms with E-state index in [0.717, 1.165) is 31.6 Å². The van der Waals surface area contributed by atoms with Crippen molar-refractivity contribution in [3.63, 3.8) is 0 Å². The largest absolute Gasteiger partial charge is 0.466 e. The zero-order valence-electron chi connectivity index (χ0n) is 13.8. The van der Waals surface area contributed by atoms with E-state index in [9.17, 15) is 4.79 Å². The molecule has 1 aliphatic rings. The monoisotopic (exact) mass is 332 g/mol. The average molecular weight is 332 g/mol. The minimum absolute atomic E-state index is 0.00357. The van der Waals surface area contributed by atoms with Crippen LogP contribution in [0.25, 0.3) is 0 Å². The van der Waals surface area contributed by atoms with Gasteiger partial charge in [-0.2, -0.15) is 4.99 Å². The standard InChI is InChI=1S/C16H24N6O2/c1-2-24-14(23)11-7-9-22(10-8-11)13-6-4-3-5-12(13)20-16(19)21-15(17)18/h3-6,11H,2,7-10H2,1H3,(H6,17,18,19,20,21). The lowest BCUT2D eigenvalue weighted by atomic mass is 9.96. The van der Waals surface area contributed by atoms with Crippen molar-refractivity contribution in [3.05, 3.63) is 24.3 Å². The van der Waals surface area contributed by atoms with Crippen molar-refractivity contribution < 1.29 is 9.53 Å². The van der Waals surface area contributed by atoms with Crippen molar-refractivity contribution in [3.8, 4) is 0 Å². The van der Waals surface area contributed by atoms with Gasteiger partial charge in [-0.05, 0) is 31.9 Å². The number of aliphatic imine (C=N–C) groups is 2. The number of guanidine groups is 2. The van der Waals surface area contributed by atoms with Gasteiger partial charge in [-0.25, -0.2) is 4.99 Å². The second-order valence-electron chi connectivity index (χ2n) is 5.51. The second-order valence-corrected chi connectivity index (χ2v) is 5.51. The van der Waals surface area contributed by atoms with Crippen LogP contribution in [0.4, 0.5) is 11.4 Å². The molecule has 1 aromatic rings. The zero-order valence-corrected chi connectivity index (χ0v) is 13.8. The van der Waals surface area contributed by atoms with Gasteiger partial charge in [0.1, 0.15) is 0 Å². The number of carbonyl (C=O) groups is 1. The molecule has 6 N–H and O–H groups in total. The number of hydrogen-bond acceptors (Lipinski definition) is 4. The highest BCUT2D eigenvalue weighted by molar-refractivity contribution is 5.94. The van der Waals surface area contributed by atoms with E-state index in [1.54, 1.807) is 0 Å². The number of ether oxygens (including phenoxy) is 1. The Balaban J connectivity index is 2.11. The predicted molar refractivity (Wildman–Crippen MR) is 95.1 cm³/mol. The Labute approximate surface area is 141 Å². The molecule has 130 valence electrons. The van der Waals surface area contributed by atoms with Gasteiger partial charge in [0.25, 0.3) is 0 Å². The molecule has 0 radical (unpaired) electrons. The summed E-state index contributed by atoms with van der Waals surface area (Å²) in [7, 11) is 0. The fourth-order valence-corrected chi connectivity index (χ4v) is 2.72. The van der Waals surface area contributed by atoms with E-state index < -0.39 is 0 Å². The van der Waals surface area contributed by atoms with Gasteiger partial charge in [0.2, 0.25) is 5.96 Å². The highest BCUT2D eigenvalue weighted by atomic mass is 16.5. The van der Waals surface area contributed by atoms with Gasteiger partial charge < -0.3 is 26.8 Å².